The smallest absolute Gasteiger partial charge is 0.256 e. The molecule has 1 aliphatic rings. The molecule has 2 aromatic rings. The Morgan fingerprint density at radius 3 is 2.38 bits per heavy atom. The molecule has 0 saturated carbocycles. The highest BCUT2D eigenvalue weighted by molar-refractivity contribution is 14.1. The average Bonchev–Trinajstić information content (AvgIpc) is 2.77. The summed E-state index contributed by atoms with van der Waals surface area (Å²) in [7, 11) is 0. The monoisotopic (exact) mass is 392 g/mol. The summed E-state index contributed by atoms with van der Waals surface area (Å²) in [6.45, 7) is 0. The van der Waals surface area contributed by atoms with Crippen LogP contribution in [0.2, 0.25) is 0 Å². The SMILES string of the molecule is O=C1CC(Nc2ccccc2I)C(=O)N1c1ccccc1. The maximum Gasteiger partial charge on any atom is 0.256 e. The van der Waals surface area contributed by atoms with E-state index in [0.29, 0.717) is 5.69 Å². The Morgan fingerprint density at radius 2 is 1.67 bits per heavy atom. The molecular weight excluding hydrogens is 379 g/mol. The fraction of sp³-hybridized carbons (Fsp3) is 0.125. The van der Waals surface area contributed by atoms with E-state index in [-0.39, 0.29) is 18.2 Å². The lowest BCUT2D eigenvalue weighted by Crippen LogP contribution is -2.34. The molecule has 2 amide bonds. The van der Waals surface area contributed by atoms with Crippen molar-refractivity contribution in [2.45, 2.75) is 12.5 Å². The standard InChI is InChI=1S/C16H13IN2O2/c17-12-8-4-5-9-13(12)18-14-10-15(20)19(16(14)21)11-6-2-1-3-7-11/h1-9,14,18H,10H2. The summed E-state index contributed by atoms with van der Waals surface area (Å²) in [6.07, 6.45) is 0.179. The van der Waals surface area contributed by atoms with Crippen molar-refractivity contribution in [3.8, 4) is 0 Å². The Balaban J connectivity index is 1.83. The van der Waals surface area contributed by atoms with Crippen molar-refractivity contribution in [3.63, 3.8) is 0 Å². The number of para-hydroxylation sites is 2. The molecule has 1 saturated heterocycles. The molecule has 1 fully saturated rings. The Labute approximate surface area is 136 Å². The molecule has 0 aliphatic carbocycles. The summed E-state index contributed by atoms with van der Waals surface area (Å²) in [5, 5.41) is 3.17. The van der Waals surface area contributed by atoms with Crippen LogP contribution in [0.5, 0.6) is 0 Å². The minimum atomic E-state index is -0.506. The van der Waals surface area contributed by atoms with Gasteiger partial charge in [0.25, 0.3) is 5.91 Å². The zero-order valence-corrected chi connectivity index (χ0v) is 13.3. The highest BCUT2D eigenvalue weighted by Crippen LogP contribution is 2.26. The number of carbonyl (C=O) groups is 2. The number of halogens is 1. The van der Waals surface area contributed by atoms with Crippen LogP contribution in [0.15, 0.2) is 54.6 Å². The second-order valence-electron chi connectivity index (χ2n) is 4.78. The predicted molar refractivity (Wildman–Crippen MR) is 90.1 cm³/mol. The van der Waals surface area contributed by atoms with Gasteiger partial charge in [-0.3, -0.25) is 9.59 Å². The lowest BCUT2D eigenvalue weighted by molar-refractivity contribution is -0.121. The first-order valence-corrected chi connectivity index (χ1v) is 7.67. The molecule has 0 spiro atoms. The number of amides is 2. The number of nitrogens with zero attached hydrogens (tertiary/aromatic N) is 1. The molecular formula is C16H13IN2O2. The zero-order chi connectivity index (χ0) is 14.8. The van der Waals surface area contributed by atoms with E-state index >= 15 is 0 Å². The molecule has 0 aromatic heterocycles. The van der Waals surface area contributed by atoms with E-state index in [9.17, 15) is 9.59 Å². The van der Waals surface area contributed by atoms with Crippen molar-refractivity contribution in [2.75, 3.05) is 10.2 Å². The minimum absolute atomic E-state index is 0.172. The summed E-state index contributed by atoms with van der Waals surface area (Å²) in [5.74, 6) is -0.375. The molecule has 0 radical (unpaired) electrons. The van der Waals surface area contributed by atoms with E-state index in [0.717, 1.165) is 9.26 Å². The fourth-order valence-corrected chi connectivity index (χ4v) is 2.90. The average molecular weight is 392 g/mol. The predicted octanol–water partition coefficient (Wildman–Crippen LogP) is 3.04. The van der Waals surface area contributed by atoms with Crippen LogP contribution in [-0.2, 0) is 9.59 Å². The summed E-state index contributed by atoms with van der Waals surface area (Å²) in [4.78, 5) is 25.9. The molecule has 1 aliphatic heterocycles. The van der Waals surface area contributed by atoms with Gasteiger partial charge in [0.1, 0.15) is 6.04 Å². The minimum Gasteiger partial charge on any atom is -0.372 e. The molecule has 21 heavy (non-hydrogen) atoms. The van der Waals surface area contributed by atoms with Crippen molar-refractivity contribution in [1.82, 2.24) is 0 Å². The molecule has 4 nitrogen and oxygen atoms in total. The van der Waals surface area contributed by atoms with Gasteiger partial charge in [0.2, 0.25) is 5.91 Å². The van der Waals surface area contributed by atoms with Gasteiger partial charge in [0.05, 0.1) is 12.1 Å². The first kappa shape index (κ1) is 14.1. The van der Waals surface area contributed by atoms with Crippen LogP contribution >= 0.6 is 22.6 Å². The number of rotatable bonds is 3. The van der Waals surface area contributed by atoms with E-state index in [2.05, 4.69) is 27.9 Å². The molecule has 1 atom stereocenters. The topological polar surface area (TPSA) is 49.4 Å². The van der Waals surface area contributed by atoms with E-state index < -0.39 is 6.04 Å². The van der Waals surface area contributed by atoms with Gasteiger partial charge in [-0.25, -0.2) is 4.90 Å². The van der Waals surface area contributed by atoms with Crippen molar-refractivity contribution >= 4 is 45.8 Å². The zero-order valence-electron chi connectivity index (χ0n) is 11.1. The normalized spacial score (nSPS) is 18.1. The lowest BCUT2D eigenvalue weighted by atomic mass is 10.2. The van der Waals surface area contributed by atoms with E-state index in [1.807, 2.05) is 42.5 Å². The third-order valence-corrected chi connectivity index (χ3v) is 4.31. The van der Waals surface area contributed by atoms with Gasteiger partial charge in [-0.2, -0.15) is 0 Å². The van der Waals surface area contributed by atoms with Crippen molar-refractivity contribution in [3.05, 3.63) is 58.2 Å². The van der Waals surface area contributed by atoms with Crippen LogP contribution in [0.1, 0.15) is 6.42 Å². The van der Waals surface area contributed by atoms with Crippen molar-refractivity contribution in [2.24, 2.45) is 0 Å². The molecule has 1 heterocycles. The second-order valence-corrected chi connectivity index (χ2v) is 5.95. The summed E-state index contributed by atoms with van der Waals surface area (Å²) >= 11 is 2.20. The van der Waals surface area contributed by atoms with Crippen molar-refractivity contribution in [1.29, 1.82) is 0 Å². The van der Waals surface area contributed by atoms with Crippen LogP contribution in [0.4, 0.5) is 11.4 Å². The van der Waals surface area contributed by atoms with Crippen molar-refractivity contribution < 1.29 is 9.59 Å². The number of imide groups is 1. The summed E-state index contributed by atoms with van der Waals surface area (Å²) in [5.41, 5.74) is 1.50. The highest BCUT2D eigenvalue weighted by atomic mass is 127. The number of hydrogen-bond donors (Lipinski definition) is 1. The fourth-order valence-electron chi connectivity index (χ4n) is 2.36. The Hall–Kier alpha value is -1.89. The van der Waals surface area contributed by atoms with Gasteiger partial charge in [0, 0.05) is 9.26 Å². The van der Waals surface area contributed by atoms with Gasteiger partial charge in [-0.1, -0.05) is 30.3 Å². The van der Waals surface area contributed by atoms with Gasteiger partial charge < -0.3 is 5.32 Å². The first-order valence-electron chi connectivity index (χ1n) is 6.60. The largest absolute Gasteiger partial charge is 0.372 e. The molecule has 1 unspecified atom stereocenters. The van der Waals surface area contributed by atoms with Crippen LogP contribution in [0.3, 0.4) is 0 Å². The Morgan fingerprint density at radius 1 is 1.00 bits per heavy atom. The molecule has 1 N–H and O–H groups in total. The van der Waals surface area contributed by atoms with Crippen LogP contribution in [-0.4, -0.2) is 17.9 Å². The van der Waals surface area contributed by atoms with Crippen LogP contribution in [0, 0.1) is 3.57 Å². The summed E-state index contributed by atoms with van der Waals surface area (Å²) in [6, 6.07) is 16.2. The maximum absolute atomic E-state index is 12.5. The second kappa shape index (κ2) is 5.85. The maximum atomic E-state index is 12.5. The van der Waals surface area contributed by atoms with E-state index in [1.54, 1.807) is 12.1 Å². The molecule has 0 bridgehead atoms. The lowest BCUT2D eigenvalue weighted by Gasteiger charge is -2.16. The number of anilines is 2. The van der Waals surface area contributed by atoms with Gasteiger partial charge in [-0.05, 0) is 46.9 Å². The molecule has 106 valence electrons. The number of hydrogen-bond acceptors (Lipinski definition) is 3. The van der Waals surface area contributed by atoms with Gasteiger partial charge >= 0.3 is 0 Å². The van der Waals surface area contributed by atoms with E-state index in [4.69, 9.17) is 0 Å². The highest BCUT2D eigenvalue weighted by Gasteiger charge is 2.39. The molecule has 3 rings (SSSR count). The Bertz CT molecular complexity index is 688. The van der Waals surface area contributed by atoms with E-state index in [1.165, 1.54) is 4.90 Å². The number of benzene rings is 2. The third-order valence-electron chi connectivity index (χ3n) is 3.36. The Kier molecular flexibility index (Phi) is 3.92. The van der Waals surface area contributed by atoms with Gasteiger partial charge in [-0.15, -0.1) is 0 Å². The first-order chi connectivity index (χ1) is 10.2. The van der Waals surface area contributed by atoms with Crippen LogP contribution < -0.4 is 10.2 Å². The van der Waals surface area contributed by atoms with Crippen LogP contribution in [0.25, 0.3) is 0 Å². The number of nitrogens with one attached hydrogen (secondary N) is 1. The summed E-state index contributed by atoms with van der Waals surface area (Å²) < 4.78 is 1.02. The molecule has 2 aromatic carbocycles. The molecule has 5 heteroatoms. The quantitative estimate of drug-likeness (QED) is 0.646. The number of carbonyl (C=O) groups excluding carboxylic acids is 2. The third kappa shape index (κ3) is 2.78. The van der Waals surface area contributed by atoms with Gasteiger partial charge in [0.15, 0.2) is 0 Å².